The van der Waals surface area contributed by atoms with Crippen LogP contribution in [0.5, 0.6) is 0 Å². The van der Waals surface area contributed by atoms with Crippen LogP contribution >= 0.6 is 0 Å². The molecule has 0 heterocycles. The average Bonchev–Trinajstić information content (AvgIpc) is 2.74. The van der Waals surface area contributed by atoms with Crippen molar-refractivity contribution >= 4 is 11.5 Å². The minimum atomic E-state index is -0.00746. The van der Waals surface area contributed by atoms with Crippen molar-refractivity contribution in [2.75, 3.05) is 5.73 Å². The molecular formula is C18H23NO. The normalized spacial score (nSPS) is 39.0. The third kappa shape index (κ3) is 1.54. The van der Waals surface area contributed by atoms with E-state index >= 15 is 0 Å². The van der Waals surface area contributed by atoms with Crippen molar-refractivity contribution in [3.63, 3.8) is 0 Å². The summed E-state index contributed by atoms with van der Waals surface area (Å²) in [5.74, 6) is 2.54. The van der Waals surface area contributed by atoms with Crippen molar-refractivity contribution in [3.8, 4) is 0 Å². The molecule has 2 nitrogen and oxygen atoms in total. The number of carbonyl (C=O) groups is 1. The summed E-state index contributed by atoms with van der Waals surface area (Å²) in [6.07, 6.45) is 6.60. The molecule has 2 heteroatoms. The summed E-state index contributed by atoms with van der Waals surface area (Å²) >= 11 is 0. The molecule has 3 aliphatic rings. The fourth-order valence-corrected chi connectivity index (χ4v) is 5.37. The fraction of sp³-hybridized carbons (Fsp3) is 0.611. The van der Waals surface area contributed by atoms with E-state index in [0.29, 0.717) is 17.6 Å². The molecule has 0 radical (unpaired) electrons. The Morgan fingerprint density at radius 1 is 1.20 bits per heavy atom. The summed E-state index contributed by atoms with van der Waals surface area (Å²) in [5.41, 5.74) is 9.79. The number of aryl methyl sites for hydroxylation is 1. The van der Waals surface area contributed by atoms with Gasteiger partial charge in [0.2, 0.25) is 0 Å². The Hall–Kier alpha value is -1.31. The van der Waals surface area contributed by atoms with Crippen molar-refractivity contribution in [1.82, 2.24) is 0 Å². The van der Waals surface area contributed by atoms with Gasteiger partial charge in [-0.25, -0.2) is 0 Å². The number of nitrogen functional groups attached to an aromatic ring is 1. The predicted octanol–water partition coefficient (Wildman–Crippen LogP) is 3.69. The molecule has 0 aliphatic heterocycles. The standard InChI is InChI=1S/C18H23NO/c1-18-9-8-14-13-5-3-12(19)10-11(13)2-4-15(14)16(18)6-7-17(18)20/h3,5,10,14-16H,2,4,6-9,19H2,1H3/t14-,15-,16-,18+/m0/s1. The quantitative estimate of drug-likeness (QED) is 0.730. The summed E-state index contributed by atoms with van der Waals surface area (Å²) in [7, 11) is 0. The number of anilines is 1. The smallest absolute Gasteiger partial charge is 0.139 e. The lowest BCUT2D eigenvalue weighted by Gasteiger charge is -2.48. The lowest BCUT2D eigenvalue weighted by molar-refractivity contribution is -0.129. The Kier molecular flexibility index (Phi) is 2.55. The van der Waals surface area contributed by atoms with Gasteiger partial charge in [0, 0.05) is 17.5 Å². The van der Waals surface area contributed by atoms with Crippen molar-refractivity contribution in [3.05, 3.63) is 29.3 Å². The molecule has 0 amide bonds. The zero-order chi connectivity index (χ0) is 13.9. The Morgan fingerprint density at radius 3 is 2.90 bits per heavy atom. The predicted molar refractivity (Wildman–Crippen MR) is 80.5 cm³/mol. The van der Waals surface area contributed by atoms with Gasteiger partial charge in [-0.3, -0.25) is 4.79 Å². The first-order valence-electron chi connectivity index (χ1n) is 8.01. The maximum absolute atomic E-state index is 12.3. The minimum absolute atomic E-state index is 0.00746. The molecule has 0 aromatic heterocycles. The SMILES string of the molecule is C[C@@]12CC[C@H]3c4ccc(N)cc4CC[C@@H]3[C@@H]1CCC2=O. The van der Waals surface area contributed by atoms with Crippen LogP contribution in [0.3, 0.4) is 0 Å². The molecular weight excluding hydrogens is 246 g/mol. The molecule has 2 fully saturated rings. The first-order chi connectivity index (χ1) is 9.59. The van der Waals surface area contributed by atoms with Gasteiger partial charge in [-0.2, -0.15) is 0 Å². The van der Waals surface area contributed by atoms with Gasteiger partial charge < -0.3 is 5.73 Å². The number of fused-ring (bicyclic) bond motifs is 5. The number of nitrogens with two attached hydrogens (primary N) is 1. The van der Waals surface area contributed by atoms with Crippen LogP contribution in [0, 0.1) is 17.3 Å². The molecule has 0 unspecified atom stereocenters. The van der Waals surface area contributed by atoms with Crippen LogP contribution < -0.4 is 5.73 Å². The third-order valence-electron chi connectivity index (χ3n) is 6.46. The van der Waals surface area contributed by atoms with Crippen molar-refractivity contribution in [2.24, 2.45) is 17.3 Å². The Morgan fingerprint density at radius 2 is 2.05 bits per heavy atom. The van der Waals surface area contributed by atoms with Crippen LogP contribution in [0.15, 0.2) is 18.2 Å². The van der Waals surface area contributed by atoms with E-state index in [1.165, 1.54) is 24.0 Å². The third-order valence-corrected chi connectivity index (χ3v) is 6.46. The van der Waals surface area contributed by atoms with Crippen LogP contribution in [-0.4, -0.2) is 5.78 Å². The second-order valence-corrected chi connectivity index (χ2v) is 7.29. The van der Waals surface area contributed by atoms with E-state index in [4.69, 9.17) is 5.73 Å². The molecule has 1 aromatic rings. The van der Waals surface area contributed by atoms with Gasteiger partial charge in [0.15, 0.2) is 0 Å². The topological polar surface area (TPSA) is 43.1 Å². The molecule has 1 aromatic carbocycles. The molecule has 0 saturated heterocycles. The number of carbonyl (C=O) groups excluding carboxylic acids is 1. The number of Topliss-reactive ketones (excluding diaryl/α,β-unsaturated/α-hetero) is 1. The number of hydrogen-bond acceptors (Lipinski definition) is 2. The second-order valence-electron chi connectivity index (χ2n) is 7.29. The molecule has 0 bridgehead atoms. The van der Waals surface area contributed by atoms with Gasteiger partial charge in [-0.15, -0.1) is 0 Å². The highest BCUT2D eigenvalue weighted by Crippen LogP contribution is 2.59. The molecule has 4 atom stereocenters. The van der Waals surface area contributed by atoms with Gasteiger partial charge >= 0.3 is 0 Å². The second kappa shape index (κ2) is 4.09. The zero-order valence-electron chi connectivity index (χ0n) is 12.2. The first-order valence-corrected chi connectivity index (χ1v) is 8.01. The summed E-state index contributed by atoms with van der Waals surface area (Å²) < 4.78 is 0. The van der Waals surface area contributed by atoms with E-state index in [9.17, 15) is 4.79 Å². The minimum Gasteiger partial charge on any atom is -0.399 e. The Balaban J connectivity index is 1.73. The van der Waals surface area contributed by atoms with E-state index in [1.807, 2.05) is 0 Å². The van der Waals surface area contributed by atoms with E-state index in [0.717, 1.165) is 37.3 Å². The van der Waals surface area contributed by atoms with Crippen LogP contribution in [0.25, 0.3) is 0 Å². The lowest BCUT2D eigenvalue weighted by Crippen LogP contribution is -2.42. The molecule has 4 rings (SSSR count). The van der Waals surface area contributed by atoms with Gasteiger partial charge in [0.05, 0.1) is 0 Å². The van der Waals surface area contributed by atoms with Gasteiger partial charge in [-0.1, -0.05) is 13.0 Å². The molecule has 0 spiro atoms. The van der Waals surface area contributed by atoms with Crippen LogP contribution in [0.2, 0.25) is 0 Å². The highest BCUT2D eigenvalue weighted by atomic mass is 16.1. The van der Waals surface area contributed by atoms with E-state index in [2.05, 4.69) is 25.1 Å². The van der Waals surface area contributed by atoms with Gasteiger partial charge in [0.25, 0.3) is 0 Å². The first kappa shape index (κ1) is 12.4. The fourth-order valence-electron chi connectivity index (χ4n) is 5.37. The monoisotopic (exact) mass is 269 g/mol. The van der Waals surface area contributed by atoms with Gasteiger partial charge in [-0.05, 0) is 73.1 Å². The summed E-state index contributed by atoms with van der Waals surface area (Å²) in [5, 5.41) is 0. The van der Waals surface area contributed by atoms with E-state index in [1.54, 1.807) is 0 Å². The van der Waals surface area contributed by atoms with Gasteiger partial charge in [0.1, 0.15) is 5.78 Å². The molecule has 2 saturated carbocycles. The number of benzene rings is 1. The van der Waals surface area contributed by atoms with Crippen molar-refractivity contribution in [2.45, 2.75) is 51.4 Å². The Bertz CT molecular complexity index is 579. The van der Waals surface area contributed by atoms with Crippen LogP contribution in [0.4, 0.5) is 5.69 Å². The molecule has 3 aliphatic carbocycles. The molecule has 2 N–H and O–H groups in total. The Labute approximate surface area is 120 Å². The number of rotatable bonds is 0. The van der Waals surface area contributed by atoms with Crippen LogP contribution in [-0.2, 0) is 11.2 Å². The number of hydrogen-bond donors (Lipinski definition) is 1. The van der Waals surface area contributed by atoms with Crippen LogP contribution in [0.1, 0.15) is 56.1 Å². The average molecular weight is 269 g/mol. The lowest BCUT2D eigenvalue weighted by atomic mass is 9.55. The maximum Gasteiger partial charge on any atom is 0.139 e. The molecule has 106 valence electrons. The summed E-state index contributed by atoms with van der Waals surface area (Å²) in [6.45, 7) is 2.24. The van der Waals surface area contributed by atoms with E-state index in [-0.39, 0.29) is 5.41 Å². The zero-order valence-corrected chi connectivity index (χ0v) is 12.2. The highest BCUT2D eigenvalue weighted by Gasteiger charge is 2.54. The summed E-state index contributed by atoms with van der Waals surface area (Å²) in [6, 6.07) is 6.47. The van der Waals surface area contributed by atoms with Crippen molar-refractivity contribution in [1.29, 1.82) is 0 Å². The number of ketones is 1. The summed E-state index contributed by atoms with van der Waals surface area (Å²) in [4.78, 5) is 12.3. The molecule has 20 heavy (non-hydrogen) atoms. The maximum atomic E-state index is 12.3. The van der Waals surface area contributed by atoms with Crippen molar-refractivity contribution < 1.29 is 4.79 Å². The largest absolute Gasteiger partial charge is 0.399 e. The van der Waals surface area contributed by atoms with E-state index < -0.39 is 0 Å². The highest BCUT2D eigenvalue weighted by molar-refractivity contribution is 5.87.